The van der Waals surface area contributed by atoms with Crippen LogP contribution in [0.2, 0.25) is 0 Å². The number of furan rings is 1. The Morgan fingerprint density at radius 2 is 2.04 bits per heavy atom. The maximum atomic E-state index is 12.7. The summed E-state index contributed by atoms with van der Waals surface area (Å²) >= 11 is 0. The van der Waals surface area contributed by atoms with Crippen LogP contribution in [0.4, 0.5) is 0 Å². The SMILES string of the molecule is CC(C)CC(=O)C1=C(O)C(=O)N(Cc2ccco2)C1c1ccncc1. The molecule has 0 aromatic carbocycles. The highest BCUT2D eigenvalue weighted by Crippen LogP contribution is 2.39. The average Bonchev–Trinajstić information content (AvgIpc) is 3.17. The summed E-state index contributed by atoms with van der Waals surface area (Å²) in [6.45, 7) is 4.02. The smallest absolute Gasteiger partial charge is 0.290 e. The fraction of sp³-hybridized carbons (Fsp3) is 0.316. The van der Waals surface area contributed by atoms with Crippen molar-refractivity contribution >= 4 is 11.7 Å². The van der Waals surface area contributed by atoms with E-state index >= 15 is 0 Å². The molecule has 6 nitrogen and oxygen atoms in total. The van der Waals surface area contributed by atoms with Gasteiger partial charge in [0.2, 0.25) is 0 Å². The van der Waals surface area contributed by atoms with E-state index in [4.69, 9.17) is 4.42 Å². The van der Waals surface area contributed by atoms with Crippen molar-refractivity contribution in [1.82, 2.24) is 9.88 Å². The Morgan fingerprint density at radius 1 is 1.32 bits per heavy atom. The lowest BCUT2D eigenvalue weighted by molar-refractivity contribution is -0.130. The van der Waals surface area contributed by atoms with Gasteiger partial charge in [-0.3, -0.25) is 14.6 Å². The molecule has 6 heteroatoms. The Hall–Kier alpha value is -2.89. The average molecular weight is 340 g/mol. The molecule has 1 amide bonds. The predicted octanol–water partition coefficient (Wildman–Crippen LogP) is 3.19. The van der Waals surface area contributed by atoms with Gasteiger partial charge in [0, 0.05) is 18.8 Å². The summed E-state index contributed by atoms with van der Waals surface area (Å²) in [5.74, 6) is -0.549. The molecule has 0 saturated carbocycles. The summed E-state index contributed by atoms with van der Waals surface area (Å²) in [4.78, 5) is 30.8. The second-order valence-corrected chi connectivity index (χ2v) is 6.48. The highest BCUT2D eigenvalue weighted by atomic mass is 16.3. The van der Waals surface area contributed by atoms with Crippen molar-refractivity contribution in [2.75, 3.05) is 0 Å². The lowest BCUT2D eigenvalue weighted by Crippen LogP contribution is -2.30. The van der Waals surface area contributed by atoms with Crippen molar-refractivity contribution in [1.29, 1.82) is 0 Å². The molecule has 130 valence electrons. The number of hydrogen-bond acceptors (Lipinski definition) is 5. The molecule has 3 heterocycles. The first-order valence-corrected chi connectivity index (χ1v) is 8.18. The van der Waals surface area contributed by atoms with Gasteiger partial charge in [0.15, 0.2) is 11.5 Å². The van der Waals surface area contributed by atoms with Gasteiger partial charge in [-0.05, 0) is 35.7 Å². The summed E-state index contributed by atoms with van der Waals surface area (Å²) in [5.41, 5.74) is 0.877. The molecule has 1 aliphatic rings. The third-order valence-corrected chi connectivity index (χ3v) is 4.13. The van der Waals surface area contributed by atoms with E-state index in [2.05, 4.69) is 4.98 Å². The molecule has 0 aliphatic carbocycles. The standard InChI is InChI=1S/C19H20N2O4/c1-12(2)10-15(22)16-17(13-5-7-20-8-6-13)21(19(24)18(16)23)11-14-4-3-9-25-14/h3-9,12,17,23H,10-11H2,1-2H3. The monoisotopic (exact) mass is 340 g/mol. The van der Waals surface area contributed by atoms with Gasteiger partial charge in [-0.1, -0.05) is 13.8 Å². The highest BCUT2D eigenvalue weighted by molar-refractivity contribution is 6.08. The van der Waals surface area contributed by atoms with Crippen LogP contribution in [0.5, 0.6) is 0 Å². The second-order valence-electron chi connectivity index (χ2n) is 6.48. The number of aromatic nitrogens is 1. The van der Waals surface area contributed by atoms with Crippen LogP contribution in [-0.2, 0) is 16.1 Å². The van der Waals surface area contributed by atoms with Crippen molar-refractivity contribution < 1.29 is 19.1 Å². The predicted molar refractivity (Wildman–Crippen MR) is 90.4 cm³/mol. The highest BCUT2D eigenvalue weighted by Gasteiger charge is 2.43. The number of amides is 1. The molecule has 0 fully saturated rings. The number of nitrogens with zero attached hydrogens (tertiary/aromatic N) is 2. The van der Waals surface area contributed by atoms with Gasteiger partial charge >= 0.3 is 0 Å². The summed E-state index contributed by atoms with van der Waals surface area (Å²) in [7, 11) is 0. The summed E-state index contributed by atoms with van der Waals surface area (Å²) in [6, 6.07) is 6.33. The maximum Gasteiger partial charge on any atom is 0.290 e. The van der Waals surface area contributed by atoms with Crippen LogP contribution in [-0.4, -0.2) is 26.7 Å². The molecule has 1 N–H and O–H groups in total. The van der Waals surface area contributed by atoms with Gasteiger partial charge in [0.05, 0.1) is 24.4 Å². The Morgan fingerprint density at radius 3 is 2.64 bits per heavy atom. The zero-order chi connectivity index (χ0) is 18.0. The normalized spacial score (nSPS) is 17.6. The van der Waals surface area contributed by atoms with Gasteiger partial charge in [-0.15, -0.1) is 0 Å². The van der Waals surface area contributed by atoms with E-state index < -0.39 is 17.7 Å². The van der Waals surface area contributed by atoms with Gasteiger partial charge in [0.25, 0.3) is 5.91 Å². The number of ketones is 1. The fourth-order valence-corrected chi connectivity index (χ4v) is 3.04. The van der Waals surface area contributed by atoms with E-state index in [0.29, 0.717) is 5.76 Å². The van der Waals surface area contributed by atoms with Crippen LogP contribution in [0, 0.1) is 5.92 Å². The molecule has 1 atom stereocenters. The Bertz CT molecular complexity index is 794. The zero-order valence-corrected chi connectivity index (χ0v) is 14.2. The van der Waals surface area contributed by atoms with Crippen molar-refractivity contribution in [3.05, 3.63) is 65.6 Å². The van der Waals surface area contributed by atoms with Crippen LogP contribution >= 0.6 is 0 Å². The van der Waals surface area contributed by atoms with E-state index in [1.807, 2.05) is 13.8 Å². The minimum absolute atomic E-state index is 0.125. The summed E-state index contributed by atoms with van der Waals surface area (Å²) in [6.07, 6.45) is 4.99. The van der Waals surface area contributed by atoms with E-state index in [9.17, 15) is 14.7 Å². The van der Waals surface area contributed by atoms with E-state index in [-0.39, 0.29) is 30.2 Å². The minimum Gasteiger partial charge on any atom is -0.503 e. The lowest BCUT2D eigenvalue weighted by Gasteiger charge is -2.26. The molecule has 25 heavy (non-hydrogen) atoms. The van der Waals surface area contributed by atoms with E-state index in [1.165, 1.54) is 11.2 Å². The van der Waals surface area contributed by atoms with Gasteiger partial charge in [0.1, 0.15) is 5.76 Å². The van der Waals surface area contributed by atoms with Crippen molar-refractivity contribution in [3.8, 4) is 0 Å². The molecule has 2 aromatic rings. The molecule has 0 bridgehead atoms. The number of hydrogen-bond donors (Lipinski definition) is 1. The summed E-state index contributed by atoms with van der Waals surface area (Å²) in [5, 5.41) is 10.4. The molecule has 2 aromatic heterocycles. The van der Waals surface area contributed by atoms with Crippen LogP contribution in [0.1, 0.15) is 37.6 Å². The lowest BCUT2D eigenvalue weighted by atomic mass is 9.92. The zero-order valence-electron chi connectivity index (χ0n) is 14.2. The Balaban J connectivity index is 2.02. The molecular formula is C19H20N2O4. The number of carbonyl (C=O) groups is 2. The third kappa shape index (κ3) is 3.33. The number of Topliss-reactive ketones (excluding diaryl/α,β-unsaturated/α-hetero) is 1. The third-order valence-electron chi connectivity index (χ3n) is 4.13. The number of aliphatic hydroxyl groups is 1. The number of aliphatic hydroxyl groups excluding tert-OH is 1. The summed E-state index contributed by atoms with van der Waals surface area (Å²) < 4.78 is 5.33. The van der Waals surface area contributed by atoms with Crippen LogP contribution in [0.25, 0.3) is 0 Å². The molecule has 3 rings (SSSR count). The molecule has 1 unspecified atom stereocenters. The molecule has 0 radical (unpaired) electrons. The fourth-order valence-electron chi connectivity index (χ4n) is 3.04. The van der Waals surface area contributed by atoms with Crippen molar-refractivity contribution in [3.63, 3.8) is 0 Å². The molecule has 0 saturated heterocycles. The van der Waals surface area contributed by atoms with Gasteiger partial charge < -0.3 is 14.4 Å². The Labute approximate surface area is 145 Å². The molecular weight excluding hydrogens is 320 g/mol. The number of pyridine rings is 1. The first kappa shape index (κ1) is 17.0. The van der Waals surface area contributed by atoms with E-state index in [0.717, 1.165) is 5.56 Å². The molecule has 0 spiro atoms. The minimum atomic E-state index is -0.646. The van der Waals surface area contributed by atoms with Gasteiger partial charge in [-0.25, -0.2) is 0 Å². The van der Waals surface area contributed by atoms with Crippen molar-refractivity contribution in [2.24, 2.45) is 5.92 Å². The van der Waals surface area contributed by atoms with Gasteiger partial charge in [-0.2, -0.15) is 0 Å². The van der Waals surface area contributed by atoms with E-state index in [1.54, 1.807) is 36.7 Å². The van der Waals surface area contributed by atoms with Crippen LogP contribution in [0.3, 0.4) is 0 Å². The maximum absolute atomic E-state index is 12.7. The quantitative estimate of drug-likeness (QED) is 0.873. The second kappa shape index (κ2) is 6.93. The largest absolute Gasteiger partial charge is 0.503 e. The Kier molecular flexibility index (Phi) is 4.70. The van der Waals surface area contributed by atoms with Crippen LogP contribution in [0.15, 0.2) is 58.7 Å². The molecule has 1 aliphatic heterocycles. The first-order valence-electron chi connectivity index (χ1n) is 8.18. The first-order chi connectivity index (χ1) is 12.0. The number of rotatable bonds is 6. The van der Waals surface area contributed by atoms with Crippen molar-refractivity contribution in [2.45, 2.75) is 32.9 Å². The topological polar surface area (TPSA) is 83.6 Å². The van der Waals surface area contributed by atoms with Crippen LogP contribution < -0.4 is 0 Å². The number of carbonyl (C=O) groups excluding carboxylic acids is 2.